The molecule has 1 heterocycles. The summed E-state index contributed by atoms with van der Waals surface area (Å²) in [5.74, 6) is -0.663. The first-order valence-electron chi connectivity index (χ1n) is 8.88. The Kier molecular flexibility index (Phi) is 8.01. The second-order valence-corrected chi connectivity index (χ2v) is 7.25. The topological polar surface area (TPSA) is 74.8 Å². The van der Waals surface area contributed by atoms with E-state index in [1.54, 1.807) is 22.0 Å². The molecule has 2 aromatic rings. The van der Waals surface area contributed by atoms with Gasteiger partial charge in [0.25, 0.3) is 5.91 Å². The summed E-state index contributed by atoms with van der Waals surface area (Å²) in [7, 11) is 0. The molecule has 9 heteroatoms. The number of alkyl halides is 3. The van der Waals surface area contributed by atoms with Gasteiger partial charge in [0.2, 0.25) is 0 Å². The molecule has 0 radical (unpaired) electrons. The number of urea groups is 1. The number of aryl methyl sites for hydroxylation is 1. The monoisotopic (exact) mass is 414 g/mol. The standard InChI is InChI=1S/C19H22F3N3O2S/c1-2-4-13-6-8-14(9-7-13)17(15-5-3-10-28-15)23-11-16(26)25-18(27)24-12-19(20,21)22/h3,5-10,17,23H,2,4,11-12H2,1H3,(H2,24,25,26,27)/p+1/t17-/m1/s1. The molecule has 28 heavy (non-hydrogen) atoms. The molecule has 1 aromatic heterocycles. The molecule has 0 fully saturated rings. The lowest BCUT2D eigenvalue weighted by Gasteiger charge is -2.15. The normalized spacial score (nSPS) is 12.4. The number of hydrogen-bond acceptors (Lipinski definition) is 3. The van der Waals surface area contributed by atoms with Crippen LogP contribution in [0.25, 0.3) is 0 Å². The highest BCUT2D eigenvalue weighted by Gasteiger charge is 2.28. The zero-order valence-electron chi connectivity index (χ0n) is 15.4. The Bertz CT molecular complexity index is 762. The van der Waals surface area contributed by atoms with Gasteiger partial charge in [0.15, 0.2) is 6.54 Å². The lowest BCUT2D eigenvalue weighted by molar-refractivity contribution is -0.676. The summed E-state index contributed by atoms with van der Waals surface area (Å²) in [6.07, 6.45) is -2.49. The average Bonchev–Trinajstić information content (AvgIpc) is 3.15. The molecular formula is C19H23F3N3O2S+. The maximum Gasteiger partial charge on any atom is 0.405 e. The highest BCUT2D eigenvalue weighted by molar-refractivity contribution is 7.10. The number of carbonyl (C=O) groups excluding carboxylic acids is 2. The van der Waals surface area contributed by atoms with Crippen LogP contribution in [0.2, 0.25) is 0 Å². The molecular weight excluding hydrogens is 391 g/mol. The van der Waals surface area contributed by atoms with Gasteiger partial charge >= 0.3 is 12.2 Å². The third-order valence-electron chi connectivity index (χ3n) is 3.97. The average molecular weight is 414 g/mol. The van der Waals surface area contributed by atoms with Crippen LogP contribution in [0.5, 0.6) is 0 Å². The second-order valence-electron chi connectivity index (χ2n) is 6.27. The minimum absolute atomic E-state index is 0.0985. The number of hydrogen-bond donors (Lipinski definition) is 3. The number of thiophene rings is 1. The number of halogens is 3. The predicted molar refractivity (Wildman–Crippen MR) is 101 cm³/mol. The second kappa shape index (κ2) is 10.2. The van der Waals surface area contributed by atoms with E-state index in [-0.39, 0.29) is 12.6 Å². The van der Waals surface area contributed by atoms with Crippen LogP contribution in [0.3, 0.4) is 0 Å². The number of nitrogens with two attached hydrogens (primary N) is 1. The number of imide groups is 1. The van der Waals surface area contributed by atoms with Gasteiger partial charge in [-0.05, 0) is 23.4 Å². The van der Waals surface area contributed by atoms with E-state index in [4.69, 9.17) is 0 Å². The Morgan fingerprint density at radius 2 is 1.89 bits per heavy atom. The molecule has 0 spiro atoms. The fourth-order valence-corrected chi connectivity index (χ4v) is 3.54. The summed E-state index contributed by atoms with van der Waals surface area (Å²) in [5, 5.41) is 7.22. The van der Waals surface area contributed by atoms with Crippen molar-refractivity contribution in [1.29, 1.82) is 0 Å². The van der Waals surface area contributed by atoms with Gasteiger partial charge < -0.3 is 10.6 Å². The smallest absolute Gasteiger partial charge is 0.329 e. The van der Waals surface area contributed by atoms with Gasteiger partial charge in [-0.25, -0.2) is 4.79 Å². The molecule has 0 saturated carbocycles. The molecule has 1 atom stereocenters. The van der Waals surface area contributed by atoms with Gasteiger partial charge in [0.1, 0.15) is 12.6 Å². The van der Waals surface area contributed by atoms with E-state index >= 15 is 0 Å². The maximum atomic E-state index is 12.1. The van der Waals surface area contributed by atoms with E-state index in [2.05, 4.69) is 19.1 Å². The number of benzene rings is 1. The number of amides is 3. The van der Waals surface area contributed by atoms with Crippen molar-refractivity contribution in [3.8, 4) is 0 Å². The van der Waals surface area contributed by atoms with Crippen LogP contribution in [0.1, 0.15) is 35.4 Å². The lowest BCUT2D eigenvalue weighted by Crippen LogP contribution is -2.87. The van der Waals surface area contributed by atoms with Gasteiger partial charge in [-0.1, -0.05) is 43.7 Å². The van der Waals surface area contributed by atoms with Crippen molar-refractivity contribution in [3.63, 3.8) is 0 Å². The molecule has 4 N–H and O–H groups in total. The number of nitrogens with one attached hydrogen (secondary N) is 2. The van der Waals surface area contributed by atoms with Crippen molar-refractivity contribution in [2.45, 2.75) is 32.0 Å². The lowest BCUT2D eigenvalue weighted by atomic mass is 10.0. The van der Waals surface area contributed by atoms with Crippen LogP contribution in [-0.4, -0.2) is 31.2 Å². The van der Waals surface area contributed by atoms with E-state index in [1.165, 1.54) is 5.56 Å². The quantitative estimate of drug-likeness (QED) is 0.621. The Balaban J connectivity index is 1.96. The van der Waals surface area contributed by atoms with Crippen LogP contribution in [-0.2, 0) is 11.2 Å². The third-order valence-corrected chi connectivity index (χ3v) is 4.92. The van der Waals surface area contributed by atoms with Crippen molar-refractivity contribution < 1.29 is 28.1 Å². The molecule has 2 rings (SSSR count). The fourth-order valence-electron chi connectivity index (χ4n) is 2.69. The fraction of sp³-hybridized carbons (Fsp3) is 0.368. The van der Waals surface area contributed by atoms with Crippen LogP contribution in [0.4, 0.5) is 18.0 Å². The first kappa shape index (κ1) is 21.9. The zero-order valence-corrected chi connectivity index (χ0v) is 16.2. The van der Waals surface area contributed by atoms with Gasteiger partial charge in [0.05, 0.1) is 4.88 Å². The summed E-state index contributed by atoms with van der Waals surface area (Å²) in [6.45, 7) is 0.524. The predicted octanol–water partition coefficient (Wildman–Crippen LogP) is 2.74. The first-order valence-corrected chi connectivity index (χ1v) is 9.76. The van der Waals surface area contributed by atoms with Crippen LogP contribution in [0, 0.1) is 0 Å². The Labute approximate surface area is 165 Å². The Morgan fingerprint density at radius 1 is 1.18 bits per heavy atom. The molecule has 0 bridgehead atoms. The van der Waals surface area contributed by atoms with Gasteiger partial charge in [-0.2, -0.15) is 13.2 Å². The third kappa shape index (κ3) is 7.32. The molecule has 0 aliphatic heterocycles. The molecule has 5 nitrogen and oxygen atoms in total. The number of rotatable bonds is 8. The van der Waals surface area contributed by atoms with Crippen molar-refractivity contribution >= 4 is 23.3 Å². The summed E-state index contributed by atoms with van der Waals surface area (Å²) in [5.41, 5.74) is 2.24. The first-order chi connectivity index (χ1) is 13.3. The minimum atomic E-state index is -4.53. The summed E-state index contributed by atoms with van der Waals surface area (Å²) in [6, 6.07) is 10.7. The van der Waals surface area contributed by atoms with Gasteiger partial charge in [-0.3, -0.25) is 10.1 Å². The summed E-state index contributed by atoms with van der Waals surface area (Å²) >= 11 is 1.55. The molecule has 1 aromatic carbocycles. The highest BCUT2D eigenvalue weighted by Crippen LogP contribution is 2.23. The molecule has 0 saturated heterocycles. The molecule has 0 aliphatic carbocycles. The largest absolute Gasteiger partial charge is 0.405 e. The van der Waals surface area contributed by atoms with Crippen LogP contribution in [0.15, 0.2) is 41.8 Å². The van der Waals surface area contributed by atoms with E-state index in [0.29, 0.717) is 0 Å². The maximum absolute atomic E-state index is 12.1. The number of carbonyl (C=O) groups is 2. The zero-order chi connectivity index (χ0) is 20.6. The van der Waals surface area contributed by atoms with E-state index in [1.807, 2.05) is 35.0 Å². The van der Waals surface area contributed by atoms with E-state index in [0.717, 1.165) is 23.3 Å². The summed E-state index contributed by atoms with van der Waals surface area (Å²) < 4.78 is 36.3. The van der Waals surface area contributed by atoms with Crippen LogP contribution < -0.4 is 16.0 Å². The molecule has 0 aliphatic rings. The SMILES string of the molecule is CCCc1ccc([C@@H]([NH2+]CC(=O)NC(=O)NCC(F)(F)F)c2cccs2)cc1. The molecule has 3 amide bonds. The Hall–Kier alpha value is -2.39. The highest BCUT2D eigenvalue weighted by atomic mass is 32.1. The molecule has 0 unspecified atom stereocenters. The van der Waals surface area contributed by atoms with E-state index in [9.17, 15) is 22.8 Å². The van der Waals surface area contributed by atoms with Crippen molar-refractivity contribution in [1.82, 2.24) is 10.6 Å². The summed E-state index contributed by atoms with van der Waals surface area (Å²) in [4.78, 5) is 24.4. The van der Waals surface area contributed by atoms with Crippen molar-refractivity contribution in [2.24, 2.45) is 0 Å². The minimum Gasteiger partial charge on any atom is -0.329 e. The number of quaternary nitrogens is 1. The van der Waals surface area contributed by atoms with Crippen molar-refractivity contribution in [3.05, 3.63) is 57.8 Å². The van der Waals surface area contributed by atoms with Gasteiger partial charge in [0, 0.05) is 5.56 Å². The van der Waals surface area contributed by atoms with Crippen LogP contribution >= 0.6 is 11.3 Å². The van der Waals surface area contributed by atoms with E-state index < -0.39 is 24.7 Å². The van der Waals surface area contributed by atoms with Crippen molar-refractivity contribution in [2.75, 3.05) is 13.1 Å². The Morgan fingerprint density at radius 3 is 2.46 bits per heavy atom. The molecule has 152 valence electrons. The van der Waals surface area contributed by atoms with Gasteiger partial charge in [-0.15, -0.1) is 11.3 Å².